The Morgan fingerprint density at radius 2 is 1.77 bits per heavy atom. The van der Waals surface area contributed by atoms with Gasteiger partial charge in [-0.05, 0) is 29.8 Å². The van der Waals surface area contributed by atoms with Gasteiger partial charge in [0.1, 0.15) is 18.2 Å². The average molecular weight is 533 g/mol. The summed E-state index contributed by atoms with van der Waals surface area (Å²) >= 11 is 18.2. The number of halogens is 3. The third-order valence-electron chi connectivity index (χ3n) is 4.68. The highest BCUT2D eigenvalue weighted by Gasteiger charge is 2.18. The Balaban J connectivity index is 1.80. The van der Waals surface area contributed by atoms with Crippen LogP contribution in [0.25, 0.3) is 6.08 Å². The number of nitro groups is 1. The summed E-state index contributed by atoms with van der Waals surface area (Å²) in [6.07, 6.45) is 1.34. The lowest BCUT2D eigenvalue weighted by molar-refractivity contribution is -0.384. The van der Waals surface area contributed by atoms with Crippen LogP contribution < -0.4 is 14.8 Å². The summed E-state index contributed by atoms with van der Waals surface area (Å²) in [5.41, 5.74) is 0.637. The molecule has 11 heteroatoms. The maximum absolute atomic E-state index is 12.7. The van der Waals surface area contributed by atoms with Gasteiger partial charge in [0.05, 0.1) is 27.8 Å². The van der Waals surface area contributed by atoms with E-state index >= 15 is 0 Å². The summed E-state index contributed by atoms with van der Waals surface area (Å²) in [6.45, 7) is 0.216. The van der Waals surface area contributed by atoms with Crippen LogP contribution in [0.4, 0.5) is 11.4 Å². The molecule has 0 aromatic heterocycles. The Morgan fingerprint density at radius 3 is 2.37 bits per heavy atom. The van der Waals surface area contributed by atoms with Crippen LogP contribution in [0.2, 0.25) is 15.1 Å². The van der Waals surface area contributed by atoms with Gasteiger partial charge in [0, 0.05) is 22.7 Å². The van der Waals surface area contributed by atoms with Gasteiger partial charge in [-0.3, -0.25) is 14.9 Å². The average Bonchev–Trinajstić information content (AvgIpc) is 2.84. The second-order valence-electron chi connectivity index (χ2n) is 6.96. The molecule has 1 N–H and O–H groups in total. The van der Waals surface area contributed by atoms with Crippen molar-refractivity contribution in [1.29, 1.82) is 5.26 Å². The van der Waals surface area contributed by atoms with Crippen molar-refractivity contribution in [2.75, 3.05) is 12.4 Å². The number of carbonyl (C=O) groups is 1. The van der Waals surface area contributed by atoms with Crippen molar-refractivity contribution in [2.45, 2.75) is 6.61 Å². The number of amides is 1. The van der Waals surface area contributed by atoms with Gasteiger partial charge >= 0.3 is 0 Å². The molecule has 3 rings (SSSR count). The fourth-order valence-electron chi connectivity index (χ4n) is 2.94. The van der Waals surface area contributed by atoms with E-state index in [1.807, 2.05) is 24.3 Å². The number of nitrogens with one attached hydrogen (secondary N) is 1. The summed E-state index contributed by atoms with van der Waals surface area (Å²) in [5, 5.41) is 23.1. The molecule has 0 aliphatic rings. The van der Waals surface area contributed by atoms with Gasteiger partial charge < -0.3 is 14.8 Å². The van der Waals surface area contributed by atoms with E-state index in [-0.39, 0.29) is 33.6 Å². The highest BCUT2D eigenvalue weighted by molar-refractivity contribution is 6.40. The largest absolute Gasteiger partial charge is 0.493 e. The molecular weight excluding hydrogens is 517 g/mol. The van der Waals surface area contributed by atoms with E-state index in [2.05, 4.69) is 5.32 Å². The minimum Gasteiger partial charge on any atom is -0.493 e. The molecule has 0 bridgehead atoms. The van der Waals surface area contributed by atoms with Gasteiger partial charge in [-0.15, -0.1) is 0 Å². The lowest BCUT2D eigenvalue weighted by Gasteiger charge is -2.12. The fraction of sp³-hybridized carbons (Fsp3) is 0.0833. The first kappa shape index (κ1) is 25.8. The highest BCUT2D eigenvalue weighted by Crippen LogP contribution is 2.35. The summed E-state index contributed by atoms with van der Waals surface area (Å²) in [6, 6.07) is 16.0. The number of carbonyl (C=O) groups excluding carboxylic acids is 1. The van der Waals surface area contributed by atoms with Gasteiger partial charge in [0.15, 0.2) is 11.5 Å². The molecule has 0 fully saturated rings. The summed E-state index contributed by atoms with van der Waals surface area (Å²) < 4.78 is 11.2. The molecule has 0 heterocycles. The zero-order valence-electron chi connectivity index (χ0n) is 18.1. The summed E-state index contributed by atoms with van der Waals surface area (Å²) in [5.74, 6) is 0.0186. The molecule has 3 aromatic carbocycles. The second kappa shape index (κ2) is 11.6. The Kier molecular flexibility index (Phi) is 8.55. The van der Waals surface area contributed by atoms with Crippen molar-refractivity contribution in [3.8, 4) is 17.6 Å². The molecule has 35 heavy (non-hydrogen) atoms. The van der Waals surface area contributed by atoms with Crippen LogP contribution in [0.15, 0.2) is 60.2 Å². The molecule has 0 atom stereocenters. The van der Waals surface area contributed by atoms with E-state index in [0.717, 1.165) is 17.7 Å². The lowest BCUT2D eigenvalue weighted by Crippen LogP contribution is -2.14. The molecule has 0 aliphatic heterocycles. The standard InChI is InChI=1S/C24H16Cl3N3O5/c1-34-22-9-14(6-7-21(22)35-13-15-4-2-3-5-18(15)25)8-16(12-28)24(31)29-23-19(26)10-17(30(32)33)11-20(23)27/h2-11H,13H2,1H3,(H,29,31)/b16-8+. The van der Waals surface area contributed by atoms with Crippen molar-refractivity contribution in [3.05, 3.63) is 96.5 Å². The SMILES string of the molecule is COc1cc(/C=C(\C#N)C(=O)Nc2c(Cl)cc([N+](=O)[O-])cc2Cl)ccc1OCc1ccccc1Cl. The van der Waals surface area contributed by atoms with E-state index in [1.165, 1.54) is 13.2 Å². The third-order valence-corrected chi connectivity index (χ3v) is 5.65. The molecular formula is C24H16Cl3N3O5. The lowest BCUT2D eigenvalue weighted by atomic mass is 10.1. The third kappa shape index (κ3) is 6.43. The van der Waals surface area contributed by atoms with Crippen LogP contribution in [-0.4, -0.2) is 17.9 Å². The fourth-order valence-corrected chi connectivity index (χ4v) is 3.71. The first-order valence-electron chi connectivity index (χ1n) is 9.84. The molecule has 8 nitrogen and oxygen atoms in total. The van der Waals surface area contributed by atoms with E-state index in [9.17, 15) is 20.2 Å². The quantitative estimate of drug-likeness (QED) is 0.150. The number of methoxy groups -OCH3 is 1. The second-order valence-corrected chi connectivity index (χ2v) is 8.18. The summed E-state index contributed by atoms with van der Waals surface area (Å²) in [4.78, 5) is 22.9. The van der Waals surface area contributed by atoms with Gasteiger partial charge in [0.25, 0.3) is 11.6 Å². The molecule has 0 radical (unpaired) electrons. The van der Waals surface area contributed by atoms with Gasteiger partial charge in [0.2, 0.25) is 0 Å². The van der Waals surface area contributed by atoms with Crippen molar-refractivity contribution in [1.82, 2.24) is 0 Å². The number of hydrogen-bond acceptors (Lipinski definition) is 6. The van der Waals surface area contributed by atoms with Gasteiger partial charge in [-0.25, -0.2) is 0 Å². The highest BCUT2D eigenvalue weighted by atomic mass is 35.5. The number of anilines is 1. The molecule has 0 unspecified atom stereocenters. The van der Waals surface area contributed by atoms with E-state index in [4.69, 9.17) is 44.3 Å². The normalized spacial score (nSPS) is 10.9. The predicted molar refractivity (Wildman–Crippen MR) is 134 cm³/mol. The molecule has 1 amide bonds. The smallest absolute Gasteiger partial charge is 0.272 e. The number of ether oxygens (including phenoxy) is 2. The van der Waals surface area contributed by atoms with Crippen molar-refractivity contribution in [3.63, 3.8) is 0 Å². The van der Waals surface area contributed by atoms with E-state index in [0.29, 0.717) is 22.1 Å². The zero-order valence-corrected chi connectivity index (χ0v) is 20.3. The molecule has 0 saturated carbocycles. The Morgan fingerprint density at radius 1 is 1.09 bits per heavy atom. The van der Waals surface area contributed by atoms with Crippen LogP contribution in [-0.2, 0) is 11.4 Å². The molecule has 0 aliphatic carbocycles. The number of nitro benzene ring substituents is 1. The molecule has 3 aromatic rings. The van der Waals surface area contributed by atoms with Crippen LogP contribution in [0.1, 0.15) is 11.1 Å². The minimum absolute atomic E-state index is 0.0500. The number of hydrogen-bond donors (Lipinski definition) is 1. The number of benzene rings is 3. The number of nitriles is 1. The Labute approximate surface area is 215 Å². The van der Waals surface area contributed by atoms with Gasteiger partial charge in [-0.2, -0.15) is 5.26 Å². The molecule has 0 saturated heterocycles. The van der Waals surface area contributed by atoms with Crippen molar-refractivity contribution in [2.24, 2.45) is 0 Å². The zero-order chi connectivity index (χ0) is 25.5. The number of rotatable bonds is 8. The molecule has 0 spiro atoms. The monoisotopic (exact) mass is 531 g/mol. The maximum Gasteiger partial charge on any atom is 0.272 e. The topological polar surface area (TPSA) is 114 Å². The minimum atomic E-state index is -0.803. The predicted octanol–water partition coefficient (Wildman–Crippen LogP) is 6.69. The maximum atomic E-state index is 12.7. The van der Waals surface area contributed by atoms with Crippen molar-refractivity contribution < 1.29 is 19.2 Å². The number of non-ortho nitro benzene ring substituents is 1. The summed E-state index contributed by atoms with van der Waals surface area (Å²) in [7, 11) is 1.46. The van der Waals surface area contributed by atoms with Crippen LogP contribution in [0, 0.1) is 21.4 Å². The van der Waals surface area contributed by atoms with E-state index in [1.54, 1.807) is 24.3 Å². The number of nitrogens with zero attached hydrogens (tertiary/aromatic N) is 2. The van der Waals surface area contributed by atoms with Gasteiger partial charge in [-0.1, -0.05) is 59.1 Å². The van der Waals surface area contributed by atoms with Crippen LogP contribution in [0.3, 0.4) is 0 Å². The van der Waals surface area contributed by atoms with E-state index < -0.39 is 10.8 Å². The Bertz CT molecular complexity index is 1350. The van der Waals surface area contributed by atoms with Crippen LogP contribution >= 0.6 is 34.8 Å². The first-order valence-corrected chi connectivity index (χ1v) is 11.0. The van der Waals surface area contributed by atoms with Crippen LogP contribution in [0.5, 0.6) is 11.5 Å². The first-order chi connectivity index (χ1) is 16.7. The van der Waals surface area contributed by atoms with Crippen molar-refractivity contribution >= 4 is 58.2 Å². The Hall–Kier alpha value is -3.77. The molecule has 178 valence electrons.